The second kappa shape index (κ2) is 6.68. The molecule has 3 nitrogen and oxygen atoms in total. The molecule has 0 aliphatic carbocycles. The number of benzene rings is 1. The third kappa shape index (κ3) is 3.50. The van der Waals surface area contributed by atoms with Crippen LogP contribution in [0, 0.1) is 6.92 Å². The molecule has 3 rings (SSSR count). The van der Waals surface area contributed by atoms with Crippen molar-refractivity contribution >= 4 is 40.3 Å². The minimum Gasteiger partial charge on any atom is -0.322 e. The summed E-state index contributed by atoms with van der Waals surface area (Å²) in [6.45, 7) is 1.94. The Balaban J connectivity index is 1.76. The van der Waals surface area contributed by atoms with E-state index in [4.69, 9.17) is 0 Å². The highest BCUT2D eigenvalue weighted by molar-refractivity contribution is 7.13. The minimum absolute atomic E-state index is 0.158. The molecule has 0 aliphatic heterocycles. The lowest BCUT2D eigenvalue weighted by Crippen LogP contribution is -2.08. The Hall–Kier alpha value is -2.24. The van der Waals surface area contributed by atoms with Crippen molar-refractivity contribution in [3.05, 3.63) is 63.9 Å². The van der Waals surface area contributed by atoms with Crippen molar-refractivity contribution in [3.8, 4) is 10.4 Å². The predicted octanol–water partition coefficient (Wildman–Crippen LogP) is 4.83. The summed E-state index contributed by atoms with van der Waals surface area (Å²) in [4.78, 5) is 17.5. The van der Waals surface area contributed by atoms with E-state index in [1.807, 2.05) is 54.1 Å². The molecule has 1 amide bonds. The Morgan fingerprint density at radius 3 is 2.77 bits per heavy atom. The van der Waals surface area contributed by atoms with Crippen LogP contribution in [0.3, 0.4) is 0 Å². The molecular weight excluding hydrogens is 312 g/mol. The molecular formula is C17H14N2OS2. The molecule has 2 aromatic heterocycles. The summed E-state index contributed by atoms with van der Waals surface area (Å²) in [6.07, 6.45) is 3.24. The molecule has 1 aromatic carbocycles. The van der Waals surface area contributed by atoms with Gasteiger partial charge in [-0.25, -0.2) is 4.98 Å². The standard InChI is InChI=1S/C17H14N2OS2/c1-12-18-13(11-22-12)8-9-17(20)19-15-6-3-2-5-14(15)16-7-4-10-21-16/h2-11H,1H3,(H,19,20)/b9-8+. The lowest BCUT2D eigenvalue weighted by molar-refractivity contribution is -0.111. The van der Waals surface area contributed by atoms with Gasteiger partial charge in [0.15, 0.2) is 0 Å². The van der Waals surface area contributed by atoms with E-state index >= 15 is 0 Å². The topological polar surface area (TPSA) is 42.0 Å². The fourth-order valence-corrected chi connectivity index (χ4v) is 3.38. The normalized spacial score (nSPS) is 11.0. The van der Waals surface area contributed by atoms with Crippen LogP contribution in [0.2, 0.25) is 0 Å². The van der Waals surface area contributed by atoms with Gasteiger partial charge in [-0.15, -0.1) is 22.7 Å². The predicted molar refractivity (Wildman–Crippen MR) is 94.3 cm³/mol. The average Bonchev–Trinajstić information content (AvgIpc) is 3.17. The Morgan fingerprint density at radius 1 is 1.18 bits per heavy atom. The number of amides is 1. The van der Waals surface area contributed by atoms with E-state index in [0.717, 1.165) is 26.8 Å². The van der Waals surface area contributed by atoms with Gasteiger partial charge >= 0.3 is 0 Å². The number of anilines is 1. The van der Waals surface area contributed by atoms with Crippen LogP contribution in [0.4, 0.5) is 5.69 Å². The van der Waals surface area contributed by atoms with Crippen molar-refractivity contribution in [2.75, 3.05) is 5.32 Å². The fourth-order valence-electron chi connectivity index (χ4n) is 2.03. The summed E-state index contributed by atoms with van der Waals surface area (Å²) < 4.78 is 0. The molecule has 5 heteroatoms. The SMILES string of the molecule is Cc1nc(/C=C/C(=O)Nc2ccccc2-c2cccs2)cs1. The number of rotatable bonds is 4. The van der Waals surface area contributed by atoms with Crippen LogP contribution in [0.5, 0.6) is 0 Å². The summed E-state index contributed by atoms with van der Waals surface area (Å²) in [6, 6.07) is 11.9. The first kappa shape index (κ1) is 14.7. The van der Waals surface area contributed by atoms with E-state index < -0.39 is 0 Å². The molecule has 0 atom stereocenters. The van der Waals surface area contributed by atoms with Crippen LogP contribution >= 0.6 is 22.7 Å². The van der Waals surface area contributed by atoms with Crippen molar-refractivity contribution in [2.45, 2.75) is 6.92 Å². The number of thiophene rings is 1. The van der Waals surface area contributed by atoms with Crippen LogP contribution in [0.15, 0.2) is 53.2 Å². The Bertz CT molecular complexity index is 804. The Kier molecular flexibility index (Phi) is 4.46. The Morgan fingerprint density at radius 2 is 2.05 bits per heavy atom. The molecule has 1 N–H and O–H groups in total. The average molecular weight is 326 g/mol. The van der Waals surface area contributed by atoms with E-state index in [2.05, 4.69) is 10.3 Å². The molecule has 0 saturated heterocycles. The largest absolute Gasteiger partial charge is 0.322 e. The van der Waals surface area contributed by atoms with Gasteiger partial charge in [-0.1, -0.05) is 24.3 Å². The molecule has 0 radical (unpaired) electrons. The van der Waals surface area contributed by atoms with Crippen LogP contribution in [-0.2, 0) is 4.79 Å². The number of nitrogens with one attached hydrogen (secondary N) is 1. The maximum absolute atomic E-state index is 12.1. The van der Waals surface area contributed by atoms with Gasteiger partial charge in [0, 0.05) is 27.6 Å². The molecule has 3 aromatic rings. The van der Waals surface area contributed by atoms with E-state index in [-0.39, 0.29) is 5.91 Å². The molecule has 22 heavy (non-hydrogen) atoms. The third-order valence-electron chi connectivity index (χ3n) is 3.01. The maximum atomic E-state index is 12.1. The van der Waals surface area contributed by atoms with Gasteiger partial charge in [-0.05, 0) is 30.5 Å². The number of aromatic nitrogens is 1. The molecule has 2 heterocycles. The first-order valence-corrected chi connectivity index (χ1v) is 8.52. The number of thiazole rings is 1. The first-order valence-electron chi connectivity index (χ1n) is 6.76. The van der Waals surface area contributed by atoms with Crippen LogP contribution in [0.1, 0.15) is 10.7 Å². The van der Waals surface area contributed by atoms with Gasteiger partial charge in [0.1, 0.15) is 0 Å². The van der Waals surface area contributed by atoms with Gasteiger partial charge in [0.2, 0.25) is 5.91 Å². The number of hydrogen-bond acceptors (Lipinski definition) is 4. The van der Waals surface area contributed by atoms with Crippen molar-refractivity contribution in [2.24, 2.45) is 0 Å². The number of carbonyl (C=O) groups is 1. The molecule has 0 aliphatic rings. The van der Waals surface area contributed by atoms with E-state index in [1.165, 1.54) is 6.08 Å². The van der Waals surface area contributed by atoms with Crippen molar-refractivity contribution in [1.29, 1.82) is 0 Å². The number of hydrogen-bond donors (Lipinski definition) is 1. The maximum Gasteiger partial charge on any atom is 0.248 e. The smallest absolute Gasteiger partial charge is 0.248 e. The third-order valence-corrected chi connectivity index (χ3v) is 4.71. The number of nitrogens with zero attached hydrogens (tertiary/aromatic N) is 1. The number of para-hydroxylation sites is 1. The van der Waals surface area contributed by atoms with Crippen LogP contribution in [-0.4, -0.2) is 10.9 Å². The summed E-state index contributed by atoms with van der Waals surface area (Å²) in [5.74, 6) is -0.158. The highest BCUT2D eigenvalue weighted by Crippen LogP contribution is 2.31. The number of carbonyl (C=O) groups excluding carboxylic acids is 1. The van der Waals surface area contributed by atoms with Crippen molar-refractivity contribution in [3.63, 3.8) is 0 Å². The number of aryl methyl sites for hydroxylation is 1. The van der Waals surface area contributed by atoms with Gasteiger partial charge in [0.25, 0.3) is 0 Å². The summed E-state index contributed by atoms with van der Waals surface area (Å²) >= 11 is 3.22. The molecule has 110 valence electrons. The van der Waals surface area contributed by atoms with Gasteiger partial charge in [0.05, 0.1) is 10.7 Å². The van der Waals surface area contributed by atoms with E-state index in [1.54, 1.807) is 28.7 Å². The second-order valence-electron chi connectivity index (χ2n) is 4.64. The fraction of sp³-hybridized carbons (Fsp3) is 0.0588. The molecule has 0 spiro atoms. The van der Waals surface area contributed by atoms with E-state index in [9.17, 15) is 4.79 Å². The molecule has 0 bridgehead atoms. The Labute approximate surface area is 137 Å². The summed E-state index contributed by atoms with van der Waals surface area (Å²) in [5, 5.41) is 7.88. The van der Waals surface area contributed by atoms with Gasteiger partial charge < -0.3 is 5.32 Å². The minimum atomic E-state index is -0.158. The molecule has 0 unspecified atom stereocenters. The summed E-state index contributed by atoms with van der Waals surface area (Å²) in [7, 11) is 0. The van der Waals surface area contributed by atoms with E-state index in [0.29, 0.717) is 0 Å². The van der Waals surface area contributed by atoms with Gasteiger partial charge in [-0.3, -0.25) is 4.79 Å². The van der Waals surface area contributed by atoms with Crippen molar-refractivity contribution < 1.29 is 4.79 Å². The second-order valence-corrected chi connectivity index (χ2v) is 6.65. The van der Waals surface area contributed by atoms with Gasteiger partial charge in [-0.2, -0.15) is 0 Å². The van der Waals surface area contributed by atoms with Crippen molar-refractivity contribution in [1.82, 2.24) is 4.98 Å². The zero-order valence-corrected chi connectivity index (χ0v) is 13.6. The lowest BCUT2D eigenvalue weighted by atomic mass is 10.1. The zero-order valence-electron chi connectivity index (χ0n) is 11.9. The highest BCUT2D eigenvalue weighted by Gasteiger charge is 2.07. The monoisotopic (exact) mass is 326 g/mol. The molecule has 0 saturated carbocycles. The zero-order chi connectivity index (χ0) is 15.4. The van der Waals surface area contributed by atoms with Crippen LogP contribution in [0.25, 0.3) is 16.5 Å². The van der Waals surface area contributed by atoms with Crippen LogP contribution < -0.4 is 5.32 Å². The highest BCUT2D eigenvalue weighted by atomic mass is 32.1. The molecule has 0 fully saturated rings. The lowest BCUT2D eigenvalue weighted by Gasteiger charge is -2.08. The first-order chi connectivity index (χ1) is 10.7. The quantitative estimate of drug-likeness (QED) is 0.698. The summed E-state index contributed by atoms with van der Waals surface area (Å²) in [5.41, 5.74) is 2.65.